The van der Waals surface area contributed by atoms with Crippen LogP contribution in [0.2, 0.25) is 0 Å². The Morgan fingerprint density at radius 2 is 1.68 bits per heavy atom. The molecular weight excluding hydrogens is 494 g/mol. The van der Waals surface area contributed by atoms with Crippen molar-refractivity contribution in [3.63, 3.8) is 0 Å². The number of esters is 2. The highest BCUT2D eigenvalue weighted by atomic mass is 16.8. The van der Waals surface area contributed by atoms with Gasteiger partial charge in [0.25, 0.3) is 5.91 Å². The summed E-state index contributed by atoms with van der Waals surface area (Å²) in [5, 5.41) is 6.58. The molecule has 2 aliphatic rings. The van der Waals surface area contributed by atoms with Gasteiger partial charge >= 0.3 is 18.1 Å². The van der Waals surface area contributed by atoms with Crippen molar-refractivity contribution in [3.05, 3.63) is 35.9 Å². The van der Waals surface area contributed by atoms with E-state index >= 15 is 0 Å². The molecule has 0 spiro atoms. The second kappa shape index (κ2) is 14.7. The number of hydrogen-bond acceptors (Lipinski definition) is 10. The Labute approximate surface area is 223 Å². The van der Waals surface area contributed by atoms with Gasteiger partial charge in [-0.25, -0.2) is 14.6 Å². The van der Waals surface area contributed by atoms with E-state index in [9.17, 15) is 19.2 Å². The number of fused-ring (bicyclic) bond motifs is 1. The number of ether oxygens (including phenoxy) is 4. The third kappa shape index (κ3) is 8.16. The molecule has 11 nitrogen and oxygen atoms in total. The van der Waals surface area contributed by atoms with Crippen LogP contribution in [0.4, 0.5) is 4.79 Å². The normalized spacial score (nSPS) is 21.4. The zero-order valence-corrected chi connectivity index (χ0v) is 22.4. The first-order valence-corrected chi connectivity index (χ1v) is 13.4. The lowest BCUT2D eigenvalue weighted by Gasteiger charge is -2.43. The van der Waals surface area contributed by atoms with Crippen molar-refractivity contribution < 1.29 is 38.1 Å². The molecule has 210 valence electrons. The highest BCUT2D eigenvalue weighted by Gasteiger charge is 2.43. The zero-order chi connectivity index (χ0) is 27.5. The summed E-state index contributed by atoms with van der Waals surface area (Å²) in [6.45, 7) is 6.39. The van der Waals surface area contributed by atoms with Gasteiger partial charge in [-0.15, -0.1) is 0 Å². The minimum absolute atomic E-state index is 0.131. The van der Waals surface area contributed by atoms with E-state index in [0.29, 0.717) is 51.6 Å². The average molecular weight is 534 g/mol. The molecule has 0 aromatic heterocycles. The van der Waals surface area contributed by atoms with E-state index in [0.717, 1.165) is 5.56 Å². The number of hydrazine groups is 1. The topological polar surface area (TPSA) is 124 Å². The number of hydrogen-bond donors (Lipinski definition) is 1. The quantitative estimate of drug-likeness (QED) is 0.258. The lowest BCUT2D eigenvalue weighted by Crippen LogP contribution is -2.62. The van der Waals surface area contributed by atoms with E-state index in [1.807, 2.05) is 35.3 Å². The van der Waals surface area contributed by atoms with Gasteiger partial charge in [0.05, 0.1) is 19.3 Å². The van der Waals surface area contributed by atoms with Gasteiger partial charge in [-0.3, -0.25) is 19.9 Å². The summed E-state index contributed by atoms with van der Waals surface area (Å²) in [4.78, 5) is 51.2. The van der Waals surface area contributed by atoms with Gasteiger partial charge in [-0.2, -0.15) is 0 Å². The monoisotopic (exact) mass is 533 g/mol. The maximum Gasteiger partial charge on any atom is 0.511 e. The lowest BCUT2D eigenvalue weighted by molar-refractivity contribution is -0.191. The van der Waals surface area contributed by atoms with Crippen LogP contribution in [-0.2, 0) is 39.8 Å². The van der Waals surface area contributed by atoms with Crippen LogP contribution in [0.3, 0.4) is 0 Å². The lowest BCUT2D eigenvalue weighted by atomic mass is 10.0. The zero-order valence-electron chi connectivity index (χ0n) is 22.4. The number of rotatable bonds is 11. The molecule has 1 amide bonds. The SMILES string of the molecule is CCOC(=O)O[C@@H](C)OC(=O)C1CCCN2CCC[C@H](N[C@@H](CCc3ccccc3)C(=O)OCC)C(=O)N12. The number of benzene rings is 1. The van der Waals surface area contributed by atoms with Crippen LogP contribution in [-0.4, -0.2) is 84.7 Å². The molecule has 0 saturated carbocycles. The van der Waals surface area contributed by atoms with Gasteiger partial charge in [0.1, 0.15) is 12.1 Å². The summed E-state index contributed by atoms with van der Waals surface area (Å²) in [6, 6.07) is 7.60. The molecule has 1 unspecified atom stereocenters. The molecule has 1 aromatic carbocycles. The first kappa shape index (κ1) is 29.4. The average Bonchev–Trinajstić information content (AvgIpc) is 3.05. The number of aryl methyl sites for hydroxylation is 1. The van der Waals surface area contributed by atoms with Crippen molar-refractivity contribution in [1.82, 2.24) is 15.3 Å². The third-order valence-corrected chi connectivity index (χ3v) is 6.54. The van der Waals surface area contributed by atoms with Crippen LogP contribution < -0.4 is 5.32 Å². The van der Waals surface area contributed by atoms with E-state index in [-0.39, 0.29) is 19.1 Å². The summed E-state index contributed by atoms with van der Waals surface area (Å²) < 4.78 is 20.3. The third-order valence-electron chi connectivity index (χ3n) is 6.54. The molecule has 2 aliphatic heterocycles. The number of carbonyl (C=O) groups is 4. The van der Waals surface area contributed by atoms with Crippen molar-refractivity contribution in [2.75, 3.05) is 26.3 Å². The fraction of sp³-hybridized carbons (Fsp3) is 0.630. The largest absolute Gasteiger partial charge is 0.511 e. The molecule has 38 heavy (non-hydrogen) atoms. The Balaban J connectivity index is 1.71. The van der Waals surface area contributed by atoms with Gasteiger partial charge in [0.15, 0.2) is 0 Å². The summed E-state index contributed by atoms with van der Waals surface area (Å²) in [5.41, 5.74) is 1.08. The molecule has 0 aliphatic carbocycles. The Morgan fingerprint density at radius 3 is 2.37 bits per heavy atom. The van der Waals surface area contributed by atoms with E-state index in [2.05, 4.69) is 5.32 Å². The Morgan fingerprint density at radius 1 is 1.00 bits per heavy atom. The Hall–Kier alpha value is -3.18. The molecule has 2 fully saturated rings. The molecule has 0 bridgehead atoms. The summed E-state index contributed by atoms with van der Waals surface area (Å²) in [7, 11) is 0. The molecule has 3 rings (SSSR count). The number of amides is 1. The van der Waals surface area contributed by atoms with Crippen LogP contribution in [0, 0.1) is 0 Å². The van der Waals surface area contributed by atoms with E-state index in [4.69, 9.17) is 18.9 Å². The first-order chi connectivity index (χ1) is 18.3. The fourth-order valence-electron chi connectivity index (χ4n) is 4.80. The maximum atomic E-state index is 13.8. The van der Waals surface area contributed by atoms with Crippen LogP contribution in [0.5, 0.6) is 0 Å². The van der Waals surface area contributed by atoms with Crippen LogP contribution >= 0.6 is 0 Å². The second-order valence-electron chi connectivity index (χ2n) is 9.29. The predicted molar refractivity (Wildman–Crippen MR) is 136 cm³/mol. The summed E-state index contributed by atoms with van der Waals surface area (Å²) >= 11 is 0. The molecule has 11 heteroatoms. The van der Waals surface area contributed by atoms with Crippen molar-refractivity contribution in [2.24, 2.45) is 0 Å². The van der Waals surface area contributed by atoms with Gasteiger partial charge < -0.3 is 18.9 Å². The highest BCUT2D eigenvalue weighted by Crippen LogP contribution is 2.25. The molecular formula is C27H39N3O8. The molecule has 2 heterocycles. The van der Waals surface area contributed by atoms with Crippen molar-refractivity contribution in [1.29, 1.82) is 0 Å². The minimum atomic E-state index is -1.17. The van der Waals surface area contributed by atoms with Crippen molar-refractivity contribution in [3.8, 4) is 0 Å². The van der Waals surface area contributed by atoms with Crippen LogP contribution in [0.25, 0.3) is 0 Å². The van der Waals surface area contributed by atoms with Gasteiger partial charge in [0.2, 0.25) is 6.29 Å². The smallest absolute Gasteiger partial charge is 0.465 e. The number of nitrogens with zero attached hydrogens (tertiary/aromatic N) is 2. The van der Waals surface area contributed by atoms with Crippen LogP contribution in [0.1, 0.15) is 58.4 Å². The highest BCUT2D eigenvalue weighted by molar-refractivity contribution is 5.88. The van der Waals surface area contributed by atoms with Crippen LogP contribution in [0.15, 0.2) is 30.3 Å². The minimum Gasteiger partial charge on any atom is -0.465 e. The number of carbonyl (C=O) groups excluding carboxylic acids is 4. The summed E-state index contributed by atoms with van der Waals surface area (Å²) in [6.07, 6.45) is 1.33. The Kier molecular flexibility index (Phi) is 11.3. The second-order valence-corrected chi connectivity index (χ2v) is 9.29. The molecule has 0 radical (unpaired) electrons. The fourth-order valence-corrected chi connectivity index (χ4v) is 4.80. The predicted octanol–water partition coefficient (Wildman–Crippen LogP) is 2.57. The molecule has 2 saturated heterocycles. The van der Waals surface area contributed by atoms with Gasteiger partial charge in [-0.05, 0) is 57.9 Å². The van der Waals surface area contributed by atoms with Crippen molar-refractivity contribution in [2.45, 2.75) is 83.7 Å². The van der Waals surface area contributed by atoms with Gasteiger partial charge in [0, 0.05) is 20.0 Å². The Bertz CT molecular complexity index is 944. The first-order valence-electron chi connectivity index (χ1n) is 13.4. The van der Waals surface area contributed by atoms with E-state index in [1.54, 1.807) is 13.8 Å². The van der Waals surface area contributed by atoms with E-state index < -0.39 is 42.5 Å². The molecule has 1 aromatic rings. The van der Waals surface area contributed by atoms with Gasteiger partial charge in [-0.1, -0.05) is 30.3 Å². The number of nitrogens with one attached hydrogen (secondary N) is 1. The maximum absolute atomic E-state index is 13.8. The van der Waals surface area contributed by atoms with E-state index in [1.165, 1.54) is 11.9 Å². The standard InChI is InChI=1S/C27H39N3O8/c1-4-35-25(32)22(16-15-20-11-7-6-8-12-20)28-21-13-9-17-29-18-10-14-23(30(29)24(21)31)26(33)37-19(3)38-27(34)36-5-2/h6-8,11-12,19,21-23,28H,4-5,9-10,13-18H2,1-3H3/t19-,21-,22-,23?/m0/s1. The molecule has 1 N–H and O–H groups in total. The summed E-state index contributed by atoms with van der Waals surface area (Å²) in [5.74, 6) is -1.36. The van der Waals surface area contributed by atoms with Crippen molar-refractivity contribution >= 4 is 24.0 Å². The molecule has 4 atom stereocenters.